The van der Waals surface area contributed by atoms with Gasteiger partial charge in [-0.05, 0) is 124 Å². The number of carboxylic acid groups (broad SMARTS) is 3. The number of carbonyl (C=O) groups is 3. The summed E-state index contributed by atoms with van der Waals surface area (Å²) in [5.74, 6) is -5.17. The van der Waals surface area contributed by atoms with Gasteiger partial charge in [-0.1, -0.05) is 105 Å². The lowest BCUT2D eigenvalue weighted by Gasteiger charge is -2.03. The molecule has 0 fully saturated rings. The highest BCUT2D eigenvalue weighted by molar-refractivity contribution is 14.1. The molecular weight excluding hydrogens is 1330 g/mol. The van der Waals surface area contributed by atoms with Crippen molar-refractivity contribution < 1.29 is 110 Å². The molecule has 3 aromatic heterocycles. The number of thiophene rings is 3. The number of carboxylic acids is 3. The second-order valence-corrected chi connectivity index (χ2v) is 27.6. The number of carbonyl (C=O) groups excluding carboxylic acids is 3. The van der Waals surface area contributed by atoms with E-state index in [1.165, 1.54) is 33.0 Å². The average Bonchev–Trinajstić information content (AvgIpc) is 4.05. The van der Waals surface area contributed by atoms with Crippen molar-refractivity contribution in [3.8, 4) is 0 Å². The maximum atomic E-state index is 10.5. The Hall–Kier alpha value is -3.10. The molecule has 0 aliphatic carbocycles. The summed E-state index contributed by atoms with van der Waals surface area (Å²) in [6.07, 6.45) is -5.19. The highest BCUT2D eigenvalue weighted by atomic mass is 127. The van der Waals surface area contributed by atoms with Crippen LogP contribution >= 0.6 is 55.2 Å². The molecule has 4 aromatic carbocycles. The van der Waals surface area contributed by atoms with Gasteiger partial charge in [0.1, 0.15) is 5.97 Å². The zero-order chi connectivity index (χ0) is 47.2. The van der Waals surface area contributed by atoms with Gasteiger partial charge in [0.05, 0.1) is 0 Å². The summed E-state index contributed by atoms with van der Waals surface area (Å²) in [6, 6.07) is 47.6. The van der Waals surface area contributed by atoms with Crippen LogP contribution in [0.4, 0.5) is 13.2 Å². The molecule has 0 aliphatic rings. The zero-order valence-corrected chi connectivity index (χ0v) is 45.7. The van der Waals surface area contributed by atoms with Crippen molar-refractivity contribution in [2.75, 3.05) is 0 Å². The fraction of sp³-hybridized carbons (Fsp3) is 0.152. The fourth-order valence-electron chi connectivity index (χ4n) is 3.63. The smallest absolute Gasteiger partial charge is 0.430 e. The van der Waals surface area contributed by atoms with Crippen molar-refractivity contribution >= 4 is 73.1 Å². The third-order valence-corrected chi connectivity index (χ3v) is 20.2. The van der Waals surface area contributed by atoms with E-state index in [2.05, 4.69) is 146 Å². The van der Waals surface area contributed by atoms with E-state index in [1.54, 1.807) is 8.65 Å². The number of aryl methyl sites for hydroxylation is 4. The maximum absolute atomic E-state index is 10.5. The van der Waals surface area contributed by atoms with Crippen LogP contribution in [0.5, 0.6) is 0 Å². The molecule has 0 bridgehead atoms. The van der Waals surface area contributed by atoms with E-state index >= 15 is 0 Å². The van der Waals surface area contributed by atoms with Crippen molar-refractivity contribution in [1.82, 2.24) is 0 Å². The minimum Gasteiger partial charge on any atom is -0.550 e. The van der Waals surface area contributed by atoms with E-state index in [9.17, 15) is 16.2 Å². The Morgan fingerprint density at radius 2 is 0.698 bits per heavy atom. The second kappa shape index (κ2) is 33.4. The van der Waals surface area contributed by atoms with Crippen molar-refractivity contribution in [1.29, 1.82) is 0 Å². The monoisotopic (exact) mass is 1370 g/mol. The molecule has 0 atom stereocenters. The first-order valence-electron chi connectivity index (χ1n) is 18.0. The average molecular weight is 1370 g/mol. The van der Waals surface area contributed by atoms with Crippen molar-refractivity contribution in [2.45, 2.75) is 47.7 Å². The van der Waals surface area contributed by atoms with Crippen molar-refractivity contribution in [2.24, 2.45) is 0 Å². The van der Waals surface area contributed by atoms with Crippen LogP contribution in [-0.4, -0.2) is 24.1 Å². The number of aliphatic carboxylic acids is 3. The highest BCUT2D eigenvalue weighted by Gasteiger charge is 2.28. The van der Waals surface area contributed by atoms with E-state index in [1.807, 2.05) is 65.2 Å². The molecule has 0 amide bonds. The standard InChI is InChI=1S/3C11H10IS.C7H7IO.C2HF3O2.2C2H4O2/c3*1-9-4-6-10(7-5-9)12-11-3-2-8-13-11;1-6-2-4-7(8-9)5-3-6;3-2(4,5)1(6)7;2*1-2(3)4/h3*2-8H,1H3;2-5H,1H3;(H,6,7);2*1H3,(H,3,4)/q3*+1;;;;/p-3. The van der Waals surface area contributed by atoms with Crippen LogP contribution in [0.1, 0.15) is 36.1 Å². The summed E-state index contributed by atoms with van der Waals surface area (Å²) in [5, 5.41) is 33.0. The molecule has 3 heterocycles. The van der Waals surface area contributed by atoms with Gasteiger partial charge in [0.2, 0.25) is 8.65 Å². The Morgan fingerprint density at radius 1 is 0.476 bits per heavy atom. The van der Waals surface area contributed by atoms with Gasteiger partial charge in [-0.2, -0.15) is 13.2 Å². The number of alkyl halides is 3. The first-order valence-corrected chi connectivity index (χ1v) is 29.1. The summed E-state index contributed by atoms with van der Waals surface area (Å²) >= 11 is 4.88. The fourth-order valence-corrected chi connectivity index (χ4v) is 15.2. The minimum absolute atomic E-state index is 0.0720. The third kappa shape index (κ3) is 31.4. The summed E-state index contributed by atoms with van der Waals surface area (Å²) in [4.78, 5) is 26.6. The topological polar surface area (TPSA) is 137 Å². The third-order valence-electron chi connectivity index (χ3n) is 6.43. The Bertz CT molecular complexity index is 2080. The van der Waals surface area contributed by atoms with Crippen LogP contribution in [0.25, 0.3) is 0 Å². The second-order valence-electron chi connectivity index (χ2n) is 12.1. The molecule has 0 aliphatic heterocycles. The summed E-state index contributed by atoms with van der Waals surface area (Å²) in [7, 11) is 0. The van der Waals surface area contributed by atoms with Gasteiger partial charge < -0.3 is 29.7 Å². The summed E-state index contributed by atoms with van der Waals surface area (Å²) in [5.41, 5.74) is 5.26. The predicted octanol–water partition coefficient (Wildman–Crippen LogP) is -0.153. The van der Waals surface area contributed by atoms with Crippen LogP contribution in [0.3, 0.4) is 0 Å². The van der Waals surface area contributed by atoms with E-state index in [0.29, 0.717) is 0 Å². The normalized spacial score (nSPS) is 9.73. The van der Waals surface area contributed by atoms with Gasteiger partial charge >= 0.3 is 69.8 Å². The predicted molar refractivity (Wildman–Crippen MR) is 236 cm³/mol. The number of benzene rings is 4. The van der Waals surface area contributed by atoms with Crippen LogP contribution in [0, 0.1) is 50.6 Å². The van der Waals surface area contributed by atoms with E-state index in [0.717, 1.165) is 17.4 Å². The molecule has 7 rings (SSSR count). The molecule has 17 heteroatoms. The number of hydrogen-bond donors (Lipinski definition) is 0. The maximum Gasteiger partial charge on any atom is 0.430 e. The first kappa shape index (κ1) is 57.9. The summed E-state index contributed by atoms with van der Waals surface area (Å²) in [6.45, 7) is 10.4. The Balaban J connectivity index is 0.000000383. The molecule has 63 heavy (non-hydrogen) atoms. The van der Waals surface area contributed by atoms with Crippen LogP contribution in [-0.2, 0) is 17.5 Å². The first-order chi connectivity index (χ1) is 29.8. The number of halogens is 7. The van der Waals surface area contributed by atoms with Crippen LogP contribution in [0.15, 0.2) is 150 Å². The molecule has 0 radical (unpaired) electrons. The lowest BCUT2D eigenvalue weighted by molar-refractivity contribution is -0.591. The molecule has 336 valence electrons. The Labute approximate surface area is 420 Å². The van der Waals surface area contributed by atoms with Crippen LogP contribution < -0.4 is 78.9 Å². The molecule has 7 nitrogen and oxygen atoms in total. The van der Waals surface area contributed by atoms with Crippen molar-refractivity contribution in [3.05, 3.63) is 195 Å². The van der Waals surface area contributed by atoms with Gasteiger partial charge in [0, 0.05) is 33.7 Å². The lowest BCUT2D eigenvalue weighted by atomic mass is 10.2. The van der Waals surface area contributed by atoms with Gasteiger partial charge in [-0.15, -0.1) is 0 Å². The lowest BCUT2D eigenvalue weighted by Crippen LogP contribution is -3.61. The van der Waals surface area contributed by atoms with E-state index in [-0.39, 0.29) is 63.6 Å². The molecule has 7 aromatic rings. The molecule has 0 saturated heterocycles. The van der Waals surface area contributed by atoms with Crippen molar-refractivity contribution in [3.63, 3.8) is 0 Å². The molecule has 0 N–H and O–H groups in total. The van der Waals surface area contributed by atoms with Gasteiger partial charge in [-0.25, -0.2) is 0 Å². The van der Waals surface area contributed by atoms with Crippen LogP contribution in [0.2, 0.25) is 0 Å². The zero-order valence-electron chi connectivity index (χ0n) is 34.7. The van der Waals surface area contributed by atoms with E-state index in [4.69, 9.17) is 29.7 Å². The molecule has 0 saturated carbocycles. The minimum atomic E-state index is -5.19. The highest BCUT2D eigenvalue weighted by Crippen LogP contribution is 2.11. The SMILES string of the molecule is CC(=O)[O-].CC(=O)[O-].Cc1ccc(I=O)cc1.Cc1ccc([I+]c2cccs2)cc1.Cc1ccc([I+]c2cccs2)cc1.Cc1ccc([I+]c2cccs2)cc1.O=C([O-])C(F)(F)F. The molecule has 0 unspecified atom stereocenters. The van der Waals surface area contributed by atoms with E-state index < -0.39 is 45.3 Å². The number of hydrogen-bond acceptors (Lipinski definition) is 10. The quantitative estimate of drug-likeness (QED) is 0.203. The van der Waals surface area contributed by atoms with Gasteiger partial charge in [0.15, 0.2) is 31.9 Å². The van der Waals surface area contributed by atoms with Gasteiger partial charge in [0.25, 0.3) is 0 Å². The number of rotatable bonds is 7. The Morgan fingerprint density at radius 3 is 0.873 bits per heavy atom. The largest absolute Gasteiger partial charge is 0.550 e. The summed E-state index contributed by atoms with van der Waals surface area (Å²) < 4.78 is 52.0. The van der Waals surface area contributed by atoms with Gasteiger partial charge in [-0.3, -0.25) is 3.07 Å². The Kier molecular flexibility index (Phi) is 30.7. The molecular formula is C46H43F3I4O7S3. The molecule has 0 spiro atoms.